The number of hydrogen-bond donors (Lipinski definition) is 1. The van der Waals surface area contributed by atoms with E-state index < -0.39 is 11.9 Å². The van der Waals surface area contributed by atoms with E-state index in [0.717, 1.165) is 12.0 Å². The molecular formula is C21H22O4S. The summed E-state index contributed by atoms with van der Waals surface area (Å²) in [6.45, 7) is 8.86. The van der Waals surface area contributed by atoms with Gasteiger partial charge < -0.3 is 9.84 Å². The fourth-order valence-electron chi connectivity index (χ4n) is 3.63. The Kier molecular flexibility index (Phi) is 4.61. The third-order valence-corrected chi connectivity index (χ3v) is 5.76. The van der Waals surface area contributed by atoms with Gasteiger partial charge in [-0.15, -0.1) is 11.8 Å². The number of aromatic carboxylic acids is 1. The molecule has 4 nitrogen and oxygen atoms in total. The molecule has 0 aliphatic carbocycles. The van der Waals surface area contributed by atoms with Gasteiger partial charge in [-0.05, 0) is 53.8 Å². The first kappa shape index (κ1) is 18.5. The van der Waals surface area contributed by atoms with Crippen molar-refractivity contribution in [1.82, 2.24) is 0 Å². The van der Waals surface area contributed by atoms with Crippen LogP contribution in [0.5, 0.6) is 5.75 Å². The minimum atomic E-state index is -1.06. The first-order valence-electron chi connectivity index (χ1n) is 8.46. The predicted molar refractivity (Wildman–Crippen MR) is 102 cm³/mol. The predicted octanol–water partition coefficient (Wildman–Crippen LogP) is 5.16. The molecule has 1 heterocycles. The van der Waals surface area contributed by atoms with Crippen molar-refractivity contribution in [3.63, 3.8) is 0 Å². The third-order valence-electron chi connectivity index (χ3n) is 4.49. The van der Waals surface area contributed by atoms with Gasteiger partial charge in [0.1, 0.15) is 5.75 Å². The summed E-state index contributed by atoms with van der Waals surface area (Å²) in [5.74, 6) is -1.32. The maximum absolute atomic E-state index is 12.5. The minimum absolute atomic E-state index is 0.0381. The van der Waals surface area contributed by atoms with Crippen molar-refractivity contribution in [3.8, 4) is 5.75 Å². The van der Waals surface area contributed by atoms with E-state index in [4.69, 9.17) is 9.84 Å². The number of ether oxygens (including phenoxy) is 1. The molecule has 2 aromatic carbocycles. The van der Waals surface area contributed by atoms with Crippen molar-refractivity contribution < 1.29 is 19.4 Å². The topological polar surface area (TPSA) is 63.6 Å². The quantitative estimate of drug-likeness (QED) is 0.597. The molecule has 1 N–H and O–H groups in total. The van der Waals surface area contributed by atoms with Gasteiger partial charge in [0.05, 0.1) is 11.1 Å². The summed E-state index contributed by atoms with van der Waals surface area (Å²) in [6, 6.07) is 11.6. The summed E-state index contributed by atoms with van der Waals surface area (Å²) in [5, 5.41) is 9.05. The van der Waals surface area contributed by atoms with Crippen LogP contribution in [0, 0.1) is 0 Å². The molecule has 1 aliphatic rings. The van der Waals surface area contributed by atoms with Crippen LogP contribution >= 0.6 is 11.8 Å². The smallest absolute Gasteiger partial charge is 0.343 e. The Morgan fingerprint density at radius 2 is 1.77 bits per heavy atom. The maximum Gasteiger partial charge on any atom is 0.343 e. The fourth-order valence-corrected chi connectivity index (χ4v) is 5.24. The van der Waals surface area contributed by atoms with Crippen molar-refractivity contribution in [2.75, 3.05) is 0 Å². The van der Waals surface area contributed by atoms with Crippen molar-refractivity contribution in [2.45, 2.75) is 49.2 Å². The number of benzene rings is 2. The number of rotatable bonds is 3. The Balaban J connectivity index is 1.88. The molecule has 2 aromatic rings. The second kappa shape index (κ2) is 6.47. The molecule has 0 spiro atoms. The van der Waals surface area contributed by atoms with E-state index in [1.165, 1.54) is 17.0 Å². The largest absolute Gasteiger partial charge is 0.478 e. The molecule has 0 saturated carbocycles. The summed E-state index contributed by atoms with van der Waals surface area (Å²) < 4.78 is 5.53. The van der Waals surface area contributed by atoms with Crippen LogP contribution in [-0.4, -0.2) is 21.8 Å². The summed E-state index contributed by atoms with van der Waals surface area (Å²) in [4.78, 5) is 24.8. The van der Waals surface area contributed by atoms with Gasteiger partial charge in [-0.1, -0.05) is 33.8 Å². The number of esters is 1. The van der Waals surface area contributed by atoms with E-state index in [9.17, 15) is 9.59 Å². The Hall–Kier alpha value is -2.27. The molecule has 0 radical (unpaired) electrons. The average Bonchev–Trinajstić information content (AvgIpc) is 2.53. The second-order valence-corrected chi connectivity index (χ2v) is 9.60. The van der Waals surface area contributed by atoms with Gasteiger partial charge in [0.25, 0.3) is 0 Å². The summed E-state index contributed by atoms with van der Waals surface area (Å²) in [6.07, 6.45) is 1.01. The van der Waals surface area contributed by atoms with Crippen LogP contribution in [0.15, 0.2) is 47.4 Å². The van der Waals surface area contributed by atoms with Crippen LogP contribution in [0.3, 0.4) is 0 Å². The van der Waals surface area contributed by atoms with Gasteiger partial charge in [-0.2, -0.15) is 0 Å². The standard InChI is InChI=1S/C21H22O4S/c1-20(2)12-21(3,4)26-17-9-8-14(11-16(17)20)19(24)25-15-7-5-6-13(10-15)18(22)23/h5-11H,12H2,1-4H3,(H,22,23). The van der Waals surface area contributed by atoms with Crippen LogP contribution in [0.25, 0.3) is 0 Å². The molecule has 5 heteroatoms. The van der Waals surface area contributed by atoms with Gasteiger partial charge >= 0.3 is 11.9 Å². The average molecular weight is 370 g/mol. The highest BCUT2D eigenvalue weighted by molar-refractivity contribution is 8.00. The van der Waals surface area contributed by atoms with Gasteiger partial charge in [0, 0.05) is 9.64 Å². The third kappa shape index (κ3) is 3.78. The molecule has 0 atom stereocenters. The molecule has 136 valence electrons. The molecule has 0 fully saturated rings. The van der Waals surface area contributed by atoms with Gasteiger partial charge in [0.2, 0.25) is 0 Å². The SMILES string of the molecule is CC1(C)CC(C)(C)c2cc(C(=O)Oc3cccc(C(=O)O)c3)ccc2S1. The first-order chi connectivity index (χ1) is 12.1. The lowest BCUT2D eigenvalue weighted by Gasteiger charge is -2.41. The summed E-state index contributed by atoms with van der Waals surface area (Å²) >= 11 is 1.83. The van der Waals surface area contributed by atoms with Crippen molar-refractivity contribution in [3.05, 3.63) is 59.2 Å². The molecular weight excluding hydrogens is 348 g/mol. The Labute approximate surface area is 157 Å². The molecule has 0 unspecified atom stereocenters. The van der Waals surface area contributed by atoms with E-state index in [2.05, 4.69) is 27.7 Å². The van der Waals surface area contributed by atoms with Crippen molar-refractivity contribution in [1.29, 1.82) is 0 Å². The molecule has 0 aromatic heterocycles. The number of fused-ring (bicyclic) bond motifs is 1. The molecule has 1 aliphatic heterocycles. The van der Waals surface area contributed by atoms with Crippen LogP contribution in [0.2, 0.25) is 0 Å². The number of carbonyl (C=O) groups is 2. The van der Waals surface area contributed by atoms with Crippen LogP contribution in [0.1, 0.15) is 60.4 Å². The monoisotopic (exact) mass is 370 g/mol. The van der Waals surface area contributed by atoms with Gasteiger partial charge in [-0.25, -0.2) is 9.59 Å². The number of carboxylic acids is 1. The van der Waals surface area contributed by atoms with E-state index >= 15 is 0 Å². The highest BCUT2D eigenvalue weighted by atomic mass is 32.2. The number of thioether (sulfide) groups is 1. The van der Waals surface area contributed by atoms with E-state index in [-0.39, 0.29) is 21.5 Å². The Morgan fingerprint density at radius 3 is 2.46 bits per heavy atom. The van der Waals surface area contributed by atoms with Crippen LogP contribution in [0.4, 0.5) is 0 Å². The van der Waals surface area contributed by atoms with Gasteiger partial charge in [0.15, 0.2) is 0 Å². The zero-order valence-corrected chi connectivity index (χ0v) is 16.1. The van der Waals surface area contributed by atoms with E-state index in [0.29, 0.717) is 5.56 Å². The summed E-state index contributed by atoms with van der Waals surface area (Å²) in [5.41, 5.74) is 1.66. The number of hydrogen-bond acceptors (Lipinski definition) is 4. The lowest BCUT2D eigenvalue weighted by Crippen LogP contribution is -2.33. The molecule has 0 bridgehead atoms. The zero-order chi connectivity index (χ0) is 19.1. The van der Waals surface area contributed by atoms with Crippen molar-refractivity contribution >= 4 is 23.7 Å². The molecule has 26 heavy (non-hydrogen) atoms. The molecule has 0 amide bonds. The first-order valence-corrected chi connectivity index (χ1v) is 9.28. The van der Waals surface area contributed by atoms with E-state index in [1.54, 1.807) is 18.2 Å². The lowest BCUT2D eigenvalue weighted by atomic mass is 9.76. The number of carbonyl (C=O) groups excluding carboxylic acids is 1. The highest BCUT2D eigenvalue weighted by Crippen LogP contribution is 2.51. The zero-order valence-electron chi connectivity index (χ0n) is 15.3. The second-order valence-electron chi connectivity index (χ2n) is 7.86. The van der Waals surface area contributed by atoms with Crippen LogP contribution in [-0.2, 0) is 5.41 Å². The molecule has 0 saturated heterocycles. The van der Waals surface area contributed by atoms with Crippen LogP contribution < -0.4 is 4.74 Å². The molecule has 3 rings (SSSR count). The minimum Gasteiger partial charge on any atom is -0.478 e. The maximum atomic E-state index is 12.5. The number of carboxylic acid groups (broad SMARTS) is 1. The van der Waals surface area contributed by atoms with Crippen molar-refractivity contribution in [2.24, 2.45) is 0 Å². The Morgan fingerprint density at radius 1 is 1.04 bits per heavy atom. The van der Waals surface area contributed by atoms with Gasteiger partial charge in [-0.3, -0.25) is 0 Å². The van der Waals surface area contributed by atoms with E-state index in [1.807, 2.05) is 23.9 Å². The normalized spacial score (nSPS) is 17.2. The highest BCUT2D eigenvalue weighted by Gasteiger charge is 2.38. The summed E-state index contributed by atoms with van der Waals surface area (Å²) in [7, 11) is 0. The lowest BCUT2D eigenvalue weighted by molar-refractivity contribution is 0.0687. The Bertz CT molecular complexity index is 883. The fraction of sp³-hybridized carbons (Fsp3) is 0.333.